The van der Waals surface area contributed by atoms with Crippen molar-refractivity contribution < 1.29 is 30.0 Å². The van der Waals surface area contributed by atoms with Crippen LogP contribution in [-0.2, 0) is 0 Å². The molecule has 166 valence electrons. The molecule has 0 fully saturated rings. The van der Waals surface area contributed by atoms with Gasteiger partial charge in [0.2, 0.25) is 0 Å². The smallest absolute Gasteiger partial charge is 0.158 e. The van der Waals surface area contributed by atoms with Crippen LogP contribution in [0.15, 0.2) is 72.8 Å². The van der Waals surface area contributed by atoms with Crippen molar-refractivity contribution >= 4 is 34.1 Å². The van der Waals surface area contributed by atoms with Gasteiger partial charge in [0.05, 0.1) is 0 Å². The minimum Gasteiger partial charge on any atom is -0.504 e. The van der Waals surface area contributed by atoms with E-state index in [-0.39, 0.29) is 23.0 Å². The normalized spacial score (nSPS) is 11.1. The van der Waals surface area contributed by atoms with Gasteiger partial charge in [-0.15, -0.1) is 0 Å². The molecule has 0 aliphatic heterocycles. The molecule has 0 atom stereocenters. The molecular formula is C28H18O6. The summed E-state index contributed by atoms with van der Waals surface area (Å²) in [5.41, 5.74) is 3.68. The predicted molar refractivity (Wildman–Crippen MR) is 130 cm³/mol. The summed E-state index contributed by atoms with van der Waals surface area (Å²) >= 11 is 0. The fourth-order valence-electron chi connectivity index (χ4n) is 4.35. The second-order valence-electron chi connectivity index (χ2n) is 8.00. The zero-order chi connectivity index (χ0) is 24.0. The van der Waals surface area contributed by atoms with Crippen molar-refractivity contribution in [2.45, 2.75) is 0 Å². The van der Waals surface area contributed by atoms with Crippen LogP contribution in [0.5, 0.6) is 23.0 Å². The molecule has 0 heterocycles. The van der Waals surface area contributed by atoms with E-state index in [0.29, 0.717) is 54.9 Å². The van der Waals surface area contributed by atoms with Crippen LogP contribution in [0.2, 0.25) is 0 Å². The number of aromatic hydroxyl groups is 4. The molecule has 0 radical (unpaired) electrons. The molecule has 0 aliphatic rings. The van der Waals surface area contributed by atoms with Gasteiger partial charge in [-0.2, -0.15) is 0 Å². The fourth-order valence-corrected chi connectivity index (χ4v) is 4.35. The summed E-state index contributed by atoms with van der Waals surface area (Å²) in [6, 6.07) is 19.4. The van der Waals surface area contributed by atoms with Crippen LogP contribution in [0, 0.1) is 0 Å². The van der Waals surface area contributed by atoms with Crippen LogP contribution in [-0.4, -0.2) is 33.0 Å². The molecule has 0 aliphatic carbocycles. The molecule has 0 bridgehead atoms. The highest BCUT2D eigenvalue weighted by atomic mass is 16.3. The van der Waals surface area contributed by atoms with Gasteiger partial charge < -0.3 is 20.4 Å². The Bertz CT molecular complexity index is 1410. The number of phenols is 4. The molecular weight excluding hydrogens is 432 g/mol. The first-order chi connectivity index (χ1) is 16.4. The monoisotopic (exact) mass is 450 g/mol. The van der Waals surface area contributed by atoms with Crippen molar-refractivity contribution in [3.8, 4) is 45.3 Å². The lowest BCUT2D eigenvalue weighted by Crippen LogP contribution is -1.92. The standard InChI is InChI=1S/C28H18O6/c29-13-15-1-5-17(6-2-15)27-19-9-23(31)25(33)11-21(19)28(18-7-3-16(14-30)4-8-18)22-12-26(34)24(32)10-20(22)27/h1-14,31-34H. The Morgan fingerprint density at radius 3 is 0.941 bits per heavy atom. The molecule has 5 rings (SSSR count). The molecule has 0 amide bonds. The SMILES string of the molecule is O=Cc1ccc(-c2c3cc(O)c(O)cc3c(-c3ccc(C=O)cc3)c3cc(O)c(O)cc23)cc1. The van der Waals surface area contributed by atoms with Gasteiger partial charge in [0, 0.05) is 11.1 Å². The van der Waals surface area contributed by atoms with Gasteiger partial charge >= 0.3 is 0 Å². The molecule has 4 N–H and O–H groups in total. The van der Waals surface area contributed by atoms with Crippen LogP contribution in [0.25, 0.3) is 43.8 Å². The molecule has 6 nitrogen and oxygen atoms in total. The van der Waals surface area contributed by atoms with E-state index in [1.165, 1.54) is 24.3 Å². The number of aldehydes is 2. The molecule has 0 spiro atoms. The van der Waals surface area contributed by atoms with Gasteiger partial charge in [0.1, 0.15) is 12.6 Å². The van der Waals surface area contributed by atoms with Crippen molar-refractivity contribution in [1.82, 2.24) is 0 Å². The maximum absolute atomic E-state index is 11.1. The minimum absolute atomic E-state index is 0.317. The van der Waals surface area contributed by atoms with Gasteiger partial charge in [-0.25, -0.2) is 0 Å². The zero-order valence-electron chi connectivity index (χ0n) is 17.7. The summed E-state index contributed by atoms with van der Waals surface area (Å²) in [5, 5.41) is 43.7. The molecule has 5 aromatic carbocycles. The summed E-state index contributed by atoms with van der Waals surface area (Å²) in [7, 11) is 0. The number of rotatable bonds is 4. The van der Waals surface area contributed by atoms with Crippen molar-refractivity contribution in [2.24, 2.45) is 0 Å². The van der Waals surface area contributed by atoms with Gasteiger partial charge in [-0.3, -0.25) is 9.59 Å². The third kappa shape index (κ3) is 3.29. The highest BCUT2D eigenvalue weighted by molar-refractivity contribution is 6.22. The maximum atomic E-state index is 11.1. The summed E-state index contributed by atoms with van der Waals surface area (Å²) < 4.78 is 0. The zero-order valence-corrected chi connectivity index (χ0v) is 17.7. The second kappa shape index (κ2) is 7.94. The lowest BCUT2D eigenvalue weighted by Gasteiger charge is -2.19. The predicted octanol–water partition coefficient (Wildman–Crippen LogP) is 5.77. The van der Waals surface area contributed by atoms with Gasteiger partial charge in [-0.05, 0) is 68.1 Å². The topological polar surface area (TPSA) is 115 Å². The Morgan fingerprint density at radius 2 is 0.706 bits per heavy atom. The van der Waals surface area contributed by atoms with Crippen LogP contribution in [0.3, 0.4) is 0 Å². The number of phenolic OH excluding ortho intramolecular Hbond substituents is 4. The average molecular weight is 450 g/mol. The summed E-state index contributed by atoms with van der Waals surface area (Å²) in [6.07, 6.45) is 1.47. The van der Waals surface area contributed by atoms with E-state index in [2.05, 4.69) is 0 Å². The van der Waals surface area contributed by atoms with Crippen molar-refractivity contribution in [1.29, 1.82) is 0 Å². The minimum atomic E-state index is -0.317. The Hall–Kier alpha value is -4.84. The molecule has 0 saturated heterocycles. The Kier molecular flexibility index (Phi) is 4.91. The molecule has 34 heavy (non-hydrogen) atoms. The van der Waals surface area contributed by atoms with E-state index in [1.807, 2.05) is 0 Å². The van der Waals surface area contributed by atoms with Gasteiger partial charge in [0.25, 0.3) is 0 Å². The number of hydrogen-bond acceptors (Lipinski definition) is 6. The molecule has 0 unspecified atom stereocenters. The highest BCUT2D eigenvalue weighted by Crippen LogP contribution is 2.48. The van der Waals surface area contributed by atoms with E-state index in [9.17, 15) is 30.0 Å². The van der Waals surface area contributed by atoms with Crippen LogP contribution >= 0.6 is 0 Å². The molecule has 5 aromatic rings. The first kappa shape index (κ1) is 21.0. The fraction of sp³-hybridized carbons (Fsp3) is 0. The van der Waals surface area contributed by atoms with E-state index in [4.69, 9.17) is 0 Å². The second-order valence-corrected chi connectivity index (χ2v) is 8.00. The van der Waals surface area contributed by atoms with E-state index in [0.717, 1.165) is 12.6 Å². The van der Waals surface area contributed by atoms with E-state index < -0.39 is 0 Å². The van der Waals surface area contributed by atoms with Crippen molar-refractivity contribution in [2.75, 3.05) is 0 Å². The van der Waals surface area contributed by atoms with Crippen LogP contribution < -0.4 is 0 Å². The average Bonchev–Trinajstić information content (AvgIpc) is 2.85. The maximum Gasteiger partial charge on any atom is 0.158 e. The van der Waals surface area contributed by atoms with Crippen LogP contribution in [0.1, 0.15) is 20.7 Å². The van der Waals surface area contributed by atoms with E-state index in [1.54, 1.807) is 48.5 Å². The Morgan fingerprint density at radius 1 is 0.441 bits per heavy atom. The Balaban J connectivity index is 2.00. The summed E-state index contributed by atoms with van der Waals surface area (Å²) in [5.74, 6) is -1.27. The molecule has 0 aromatic heterocycles. The largest absolute Gasteiger partial charge is 0.504 e. The van der Waals surface area contributed by atoms with Crippen molar-refractivity contribution in [3.05, 3.63) is 83.9 Å². The van der Waals surface area contributed by atoms with Crippen LogP contribution in [0.4, 0.5) is 0 Å². The number of fused-ring (bicyclic) bond motifs is 2. The first-order valence-corrected chi connectivity index (χ1v) is 10.4. The lowest BCUT2D eigenvalue weighted by molar-refractivity contribution is 0.111. The number of carbonyl (C=O) groups is 2. The third-order valence-corrected chi connectivity index (χ3v) is 5.98. The summed E-state index contributed by atoms with van der Waals surface area (Å²) in [4.78, 5) is 22.3. The Labute approximate surface area is 193 Å². The van der Waals surface area contributed by atoms with Crippen molar-refractivity contribution in [3.63, 3.8) is 0 Å². The third-order valence-electron chi connectivity index (χ3n) is 5.98. The first-order valence-electron chi connectivity index (χ1n) is 10.4. The molecule has 0 saturated carbocycles. The molecule has 6 heteroatoms. The lowest BCUT2D eigenvalue weighted by atomic mass is 9.85. The number of hydrogen-bond donors (Lipinski definition) is 4. The van der Waals surface area contributed by atoms with E-state index >= 15 is 0 Å². The summed E-state index contributed by atoms with van der Waals surface area (Å²) in [6.45, 7) is 0. The number of benzene rings is 5. The number of carbonyl (C=O) groups excluding carboxylic acids is 2. The van der Waals surface area contributed by atoms with Gasteiger partial charge in [0.15, 0.2) is 23.0 Å². The highest BCUT2D eigenvalue weighted by Gasteiger charge is 2.20. The quantitative estimate of drug-likeness (QED) is 0.157. The van der Waals surface area contributed by atoms with Gasteiger partial charge in [-0.1, -0.05) is 48.5 Å².